The van der Waals surface area contributed by atoms with Crippen LogP contribution in [0.25, 0.3) is 0 Å². The van der Waals surface area contributed by atoms with Gasteiger partial charge in [0.15, 0.2) is 0 Å². The number of hydrogen-bond acceptors (Lipinski definition) is 4. The molecule has 1 unspecified atom stereocenters. The molecule has 5 nitrogen and oxygen atoms in total. The predicted molar refractivity (Wildman–Crippen MR) is 85.7 cm³/mol. The van der Waals surface area contributed by atoms with E-state index < -0.39 is 10.0 Å². The highest BCUT2D eigenvalue weighted by Gasteiger charge is 2.19. The Hall–Kier alpha value is -1.42. The van der Waals surface area contributed by atoms with E-state index in [0.717, 1.165) is 6.42 Å². The van der Waals surface area contributed by atoms with Gasteiger partial charge < -0.3 is 5.11 Å². The minimum atomic E-state index is -3.61. The Morgan fingerprint density at radius 3 is 2.55 bits per heavy atom. The number of benzene rings is 1. The maximum atomic E-state index is 12.4. The monoisotopic (exact) mass is 324 g/mol. The lowest BCUT2D eigenvalue weighted by atomic mass is 9.95. The first-order valence-electron chi connectivity index (χ1n) is 7.41. The van der Waals surface area contributed by atoms with Crippen LogP contribution in [0.15, 0.2) is 23.1 Å². The van der Waals surface area contributed by atoms with Crippen molar-refractivity contribution in [2.75, 3.05) is 13.2 Å². The van der Waals surface area contributed by atoms with Gasteiger partial charge in [0.05, 0.1) is 16.5 Å². The number of aliphatic hydroxyl groups excluding tert-OH is 1. The van der Waals surface area contributed by atoms with Gasteiger partial charge in [-0.05, 0) is 55.4 Å². The van der Waals surface area contributed by atoms with E-state index in [0.29, 0.717) is 30.0 Å². The molecule has 1 aromatic rings. The molecular formula is C16H24N2O3S. The molecule has 1 aromatic carbocycles. The summed E-state index contributed by atoms with van der Waals surface area (Å²) in [5, 5.41) is 17.9. The zero-order valence-electron chi connectivity index (χ0n) is 13.3. The highest BCUT2D eigenvalue weighted by Crippen LogP contribution is 2.18. The minimum absolute atomic E-state index is 0.0506. The fraction of sp³-hybridized carbons (Fsp3) is 0.562. The Morgan fingerprint density at radius 1 is 1.36 bits per heavy atom. The number of hydrogen-bond donors (Lipinski definition) is 2. The Kier molecular flexibility index (Phi) is 7.01. The number of nitriles is 1. The van der Waals surface area contributed by atoms with Crippen molar-refractivity contribution < 1.29 is 13.5 Å². The summed E-state index contributed by atoms with van der Waals surface area (Å²) in [6, 6.07) is 6.51. The molecule has 0 aliphatic heterocycles. The lowest BCUT2D eigenvalue weighted by Crippen LogP contribution is -2.31. The normalized spacial score (nSPS) is 13.1. The summed E-state index contributed by atoms with van der Waals surface area (Å²) in [5.41, 5.74) is 0.989. The van der Waals surface area contributed by atoms with Gasteiger partial charge in [-0.3, -0.25) is 0 Å². The van der Waals surface area contributed by atoms with Gasteiger partial charge in [-0.25, -0.2) is 13.1 Å². The molecule has 1 atom stereocenters. The van der Waals surface area contributed by atoms with E-state index >= 15 is 0 Å². The molecule has 2 N–H and O–H groups in total. The van der Waals surface area contributed by atoms with E-state index in [1.165, 1.54) is 12.1 Å². The lowest BCUT2D eigenvalue weighted by molar-refractivity contribution is 0.243. The Balaban J connectivity index is 2.84. The zero-order valence-corrected chi connectivity index (χ0v) is 14.2. The van der Waals surface area contributed by atoms with Gasteiger partial charge in [0.1, 0.15) is 0 Å². The van der Waals surface area contributed by atoms with Crippen LogP contribution in [-0.4, -0.2) is 26.7 Å². The quantitative estimate of drug-likeness (QED) is 0.767. The molecule has 0 aliphatic carbocycles. The molecule has 22 heavy (non-hydrogen) atoms. The molecule has 0 aromatic heterocycles. The third kappa shape index (κ3) is 5.41. The molecule has 0 spiro atoms. The van der Waals surface area contributed by atoms with Gasteiger partial charge in [0, 0.05) is 13.2 Å². The summed E-state index contributed by atoms with van der Waals surface area (Å²) in [4.78, 5) is 0.193. The summed E-state index contributed by atoms with van der Waals surface area (Å²) in [6.45, 7) is 6.18. The molecule has 0 radical (unpaired) electrons. The second-order valence-corrected chi connectivity index (χ2v) is 7.69. The minimum Gasteiger partial charge on any atom is -0.396 e. The van der Waals surface area contributed by atoms with Crippen molar-refractivity contribution in [2.24, 2.45) is 11.8 Å². The van der Waals surface area contributed by atoms with Crippen LogP contribution >= 0.6 is 0 Å². The fourth-order valence-corrected chi connectivity index (χ4v) is 3.82. The van der Waals surface area contributed by atoms with Crippen LogP contribution in [0.5, 0.6) is 0 Å². The maximum absolute atomic E-state index is 12.4. The third-order valence-corrected chi connectivity index (χ3v) is 5.08. The summed E-state index contributed by atoms with van der Waals surface area (Å²) in [6.07, 6.45) is 1.43. The smallest absolute Gasteiger partial charge is 0.240 e. The second kappa shape index (κ2) is 8.28. The Labute approximate surface area is 133 Å². The molecule has 122 valence electrons. The molecule has 0 amide bonds. The Morgan fingerprint density at radius 2 is 2.05 bits per heavy atom. The average Bonchev–Trinajstić information content (AvgIpc) is 2.44. The van der Waals surface area contributed by atoms with Gasteiger partial charge >= 0.3 is 0 Å². The summed E-state index contributed by atoms with van der Waals surface area (Å²) < 4.78 is 27.4. The van der Waals surface area contributed by atoms with E-state index in [-0.39, 0.29) is 17.4 Å². The van der Waals surface area contributed by atoms with E-state index in [4.69, 9.17) is 10.4 Å². The second-order valence-electron chi connectivity index (χ2n) is 5.95. The van der Waals surface area contributed by atoms with Gasteiger partial charge in [0.2, 0.25) is 10.0 Å². The van der Waals surface area contributed by atoms with Gasteiger partial charge in [-0.2, -0.15) is 5.26 Å². The van der Waals surface area contributed by atoms with Crippen molar-refractivity contribution in [3.8, 4) is 6.07 Å². The summed E-state index contributed by atoms with van der Waals surface area (Å²) in [7, 11) is -3.61. The van der Waals surface area contributed by atoms with Crippen LogP contribution in [0.2, 0.25) is 0 Å². The van der Waals surface area contributed by atoms with E-state index in [2.05, 4.69) is 18.6 Å². The third-order valence-electron chi connectivity index (χ3n) is 3.50. The van der Waals surface area contributed by atoms with Crippen molar-refractivity contribution in [3.63, 3.8) is 0 Å². The zero-order chi connectivity index (χ0) is 16.8. The van der Waals surface area contributed by atoms with Crippen LogP contribution in [0, 0.1) is 30.1 Å². The van der Waals surface area contributed by atoms with Crippen molar-refractivity contribution in [1.29, 1.82) is 5.26 Å². The van der Waals surface area contributed by atoms with Crippen LogP contribution < -0.4 is 4.72 Å². The van der Waals surface area contributed by atoms with Crippen LogP contribution in [0.4, 0.5) is 0 Å². The molecule has 0 bridgehead atoms. The highest BCUT2D eigenvalue weighted by atomic mass is 32.2. The Bertz CT molecular complexity index is 633. The number of nitrogens with one attached hydrogen (secondary N) is 1. The van der Waals surface area contributed by atoms with Crippen molar-refractivity contribution >= 4 is 10.0 Å². The summed E-state index contributed by atoms with van der Waals surface area (Å²) >= 11 is 0. The number of nitrogens with zero attached hydrogens (tertiary/aromatic N) is 1. The molecule has 1 rings (SSSR count). The van der Waals surface area contributed by atoms with E-state index in [1.807, 2.05) is 6.07 Å². The molecule has 6 heteroatoms. The first-order valence-corrected chi connectivity index (χ1v) is 8.89. The SMILES string of the molecule is Cc1cc(C#N)ccc1S(=O)(=O)NCC(CCO)CC(C)C. The molecular weight excluding hydrogens is 300 g/mol. The number of aliphatic hydroxyl groups is 1. The van der Waals surface area contributed by atoms with Crippen LogP contribution in [0.1, 0.15) is 37.8 Å². The highest BCUT2D eigenvalue weighted by molar-refractivity contribution is 7.89. The molecule has 0 saturated heterocycles. The lowest BCUT2D eigenvalue weighted by Gasteiger charge is -2.19. The largest absolute Gasteiger partial charge is 0.396 e. The number of sulfonamides is 1. The predicted octanol–water partition coefficient (Wildman–Crippen LogP) is 2.19. The van der Waals surface area contributed by atoms with Crippen molar-refractivity contribution in [3.05, 3.63) is 29.3 Å². The number of rotatable bonds is 8. The van der Waals surface area contributed by atoms with Gasteiger partial charge in [-0.1, -0.05) is 13.8 Å². The molecule has 0 fully saturated rings. The van der Waals surface area contributed by atoms with Crippen LogP contribution in [0.3, 0.4) is 0 Å². The fourth-order valence-electron chi connectivity index (χ4n) is 2.48. The van der Waals surface area contributed by atoms with Crippen molar-refractivity contribution in [1.82, 2.24) is 4.72 Å². The van der Waals surface area contributed by atoms with Gasteiger partial charge in [0.25, 0.3) is 0 Å². The standard InChI is InChI=1S/C16H24N2O3S/c1-12(2)8-15(6-7-19)11-18-22(20,21)16-5-4-14(10-17)9-13(16)3/h4-5,9,12,15,18-19H,6-8,11H2,1-3H3. The average molecular weight is 324 g/mol. The molecule has 0 heterocycles. The number of aryl methyl sites for hydroxylation is 1. The summed E-state index contributed by atoms with van der Waals surface area (Å²) in [5.74, 6) is 0.552. The van der Waals surface area contributed by atoms with Crippen molar-refractivity contribution in [2.45, 2.75) is 38.5 Å². The topological polar surface area (TPSA) is 90.2 Å². The first kappa shape index (κ1) is 18.6. The van der Waals surface area contributed by atoms with Gasteiger partial charge in [-0.15, -0.1) is 0 Å². The molecule has 0 aliphatic rings. The van der Waals surface area contributed by atoms with Crippen LogP contribution in [-0.2, 0) is 10.0 Å². The first-order chi connectivity index (χ1) is 10.3. The van der Waals surface area contributed by atoms with E-state index in [1.54, 1.807) is 13.0 Å². The van der Waals surface area contributed by atoms with E-state index in [9.17, 15) is 8.42 Å². The molecule has 0 saturated carbocycles. The maximum Gasteiger partial charge on any atom is 0.240 e.